The normalized spacial score (nSPS) is 11.8. The van der Waals surface area contributed by atoms with Crippen LogP contribution >= 0.6 is 11.6 Å². The average molecular weight is 357 g/mol. The SMILES string of the molecule is COc1ccc(C(=O)N[C@H](c2ccc(Cl)cc2)c2nccn2C)cn1. The van der Waals surface area contributed by atoms with Crippen molar-refractivity contribution in [3.63, 3.8) is 0 Å². The minimum absolute atomic E-state index is 0.252. The van der Waals surface area contributed by atoms with Crippen molar-refractivity contribution in [3.8, 4) is 5.88 Å². The van der Waals surface area contributed by atoms with E-state index >= 15 is 0 Å². The lowest BCUT2D eigenvalue weighted by atomic mass is 10.1. The topological polar surface area (TPSA) is 69.0 Å². The number of methoxy groups -OCH3 is 1. The first kappa shape index (κ1) is 17.0. The van der Waals surface area contributed by atoms with Gasteiger partial charge in [0.2, 0.25) is 5.88 Å². The number of hydrogen-bond donors (Lipinski definition) is 1. The summed E-state index contributed by atoms with van der Waals surface area (Å²) < 4.78 is 6.88. The number of halogens is 1. The maximum absolute atomic E-state index is 12.6. The molecule has 1 N–H and O–H groups in total. The van der Waals surface area contributed by atoms with E-state index in [-0.39, 0.29) is 5.91 Å². The van der Waals surface area contributed by atoms with Gasteiger partial charge in [-0.1, -0.05) is 23.7 Å². The number of nitrogens with one attached hydrogen (secondary N) is 1. The Kier molecular flexibility index (Phi) is 5.00. The summed E-state index contributed by atoms with van der Waals surface area (Å²) in [6.07, 6.45) is 5.00. The number of hydrogen-bond acceptors (Lipinski definition) is 4. The number of aryl methyl sites for hydroxylation is 1. The average Bonchev–Trinajstić information content (AvgIpc) is 3.06. The Morgan fingerprint density at radius 3 is 2.52 bits per heavy atom. The van der Waals surface area contributed by atoms with Crippen molar-refractivity contribution in [2.45, 2.75) is 6.04 Å². The van der Waals surface area contributed by atoms with Crippen molar-refractivity contribution in [3.05, 3.63) is 77.0 Å². The lowest BCUT2D eigenvalue weighted by Crippen LogP contribution is -2.31. The summed E-state index contributed by atoms with van der Waals surface area (Å²) >= 11 is 5.97. The smallest absolute Gasteiger partial charge is 0.253 e. The molecule has 0 radical (unpaired) electrons. The Balaban J connectivity index is 1.90. The number of carbonyl (C=O) groups excluding carboxylic acids is 1. The summed E-state index contributed by atoms with van der Waals surface area (Å²) in [4.78, 5) is 21.1. The van der Waals surface area contributed by atoms with E-state index in [0.717, 1.165) is 11.4 Å². The standard InChI is InChI=1S/C18H17ClN4O2/c1-23-10-9-20-17(23)16(12-3-6-14(19)7-4-12)22-18(24)13-5-8-15(25-2)21-11-13/h3-11,16H,1-2H3,(H,22,24)/t16-/m1/s1. The van der Waals surface area contributed by atoms with Gasteiger partial charge in [-0.2, -0.15) is 0 Å². The highest BCUT2D eigenvalue weighted by atomic mass is 35.5. The van der Waals surface area contributed by atoms with Crippen LogP contribution in [-0.2, 0) is 7.05 Å². The lowest BCUT2D eigenvalue weighted by Gasteiger charge is -2.19. The van der Waals surface area contributed by atoms with Gasteiger partial charge in [0.05, 0.1) is 12.7 Å². The molecule has 0 saturated heterocycles. The zero-order chi connectivity index (χ0) is 17.8. The van der Waals surface area contributed by atoms with Gasteiger partial charge in [0, 0.05) is 36.7 Å². The summed E-state index contributed by atoms with van der Waals surface area (Å²) in [5, 5.41) is 3.64. The number of benzene rings is 1. The van der Waals surface area contributed by atoms with E-state index in [1.807, 2.05) is 29.9 Å². The molecule has 1 amide bonds. The van der Waals surface area contributed by atoms with Gasteiger partial charge < -0.3 is 14.6 Å². The number of pyridine rings is 1. The van der Waals surface area contributed by atoms with Crippen molar-refractivity contribution in [1.29, 1.82) is 0 Å². The van der Waals surface area contributed by atoms with Crippen LogP contribution in [0.2, 0.25) is 5.02 Å². The zero-order valence-electron chi connectivity index (χ0n) is 13.8. The predicted molar refractivity (Wildman–Crippen MR) is 94.8 cm³/mol. The van der Waals surface area contributed by atoms with Crippen LogP contribution in [0.25, 0.3) is 0 Å². The Morgan fingerprint density at radius 2 is 1.96 bits per heavy atom. The van der Waals surface area contributed by atoms with E-state index in [1.165, 1.54) is 13.3 Å². The van der Waals surface area contributed by atoms with Gasteiger partial charge in [0.15, 0.2) is 0 Å². The quantitative estimate of drug-likeness (QED) is 0.763. The molecule has 25 heavy (non-hydrogen) atoms. The van der Waals surface area contributed by atoms with Crippen LogP contribution in [0, 0.1) is 0 Å². The zero-order valence-corrected chi connectivity index (χ0v) is 14.6. The van der Waals surface area contributed by atoms with Gasteiger partial charge in [-0.05, 0) is 23.8 Å². The van der Waals surface area contributed by atoms with Crippen LogP contribution in [-0.4, -0.2) is 27.6 Å². The number of ether oxygens (including phenoxy) is 1. The maximum atomic E-state index is 12.6. The van der Waals surface area contributed by atoms with Crippen molar-refractivity contribution in [2.75, 3.05) is 7.11 Å². The molecule has 1 aromatic carbocycles. The number of carbonyl (C=O) groups is 1. The largest absolute Gasteiger partial charge is 0.481 e. The van der Waals surface area contributed by atoms with E-state index in [2.05, 4.69) is 15.3 Å². The van der Waals surface area contributed by atoms with Gasteiger partial charge in [0.1, 0.15) is 11.9 Å². The highest BCUT2D eigenvalue weighted by Crippen LogP contribution is 2.23. The number of nitrogens with zero attached hydrogens (tertiary/aromatic N) is 3. The molecule has 0 bridgehead atoms. The molecular weight excluding hydrogens is 340 g/mol. The van der Waals surface area contributed by atoms with Gasteiger partial charge >= 0.3 is 0 Å². The van der Waals surface area contributed by atoms with Crippen LogP contribution in [0.1, 0.15) is 27.8 Å². The van der Waals surface area contributed by atoms with E-state index < -0.39 is 6.04 Å². The first-order valence-electron chi connectivity index (χ1n) is 7.62. The van der Waals surface area contributed by atoms with Crippen LogP contribution in [0.3, 0.4) is 0 Å². The van der Waals surface area contributed by atoms with Crippen LogP contribution < -0.4 is 10.1 Å². The van der Waals surface area contributed by atoms with Gasteiger partial charge in [-0.15, -0.1) is 0 Å². The summed E-state index contributed by atoms with van der Waals surface area (Å²) in [5.41, 5.74) is 1.32. The molecule has 2 heterocycles. The fourth-order valence-electron chi connectivity index (χ4n) is 2.46. The Morgan fingerprint density at radius 1 is 1.20 bits per heavy atom. The van der Waals surface area contributed by atoms with Crippen molar-refractivity contribution in [2.24, 2.45) is 7.05 Å². The summed E-state index contributed by atoms with van der Waals surface area (Å²) in [6.45, 7) is 0. The summed E-state index contributed by atoms with van der Waals surface area (Å²) in [7, 11) is 3.41. The van der Waals surface area contributed by atoms with Crippen LogP contribution in [0.5, 0.6) is 5.88 Å². The second-order valence-electron chi connectivity index (χ2n) is 5.44. The maximum Gasteiger partial charge on any atom is 0.253 e. The molecule has 0 fully saturated rings. The molecule has 0 unspecified atom stereocenters. The van der Waals surface area contributed by atoms with Crippen LogP contribution in [0.15, 0.2) is 55.0 Å². The Bertz CT molecular complexity index is 860. The summed E-state index contributed by atoms with van der Waals surface area (Å²) in [6, 6.07) is 10.2. The predicted octanol–water partition coefficient (Wildman–Crippen LogP) is 3.00. The fourth-order valence-corrected chi connectivity index (χ4v) is 2.58. The third-order valence-electron chi connectivity index (χ3n) is 3.80. The highest BCUT2D eigenvalue weighted by molar-refractivity contribution is 6.30. The Labute approximate surface area is 150 Å². The van der Waals surface area contributed by atoms with Gasteiger partial charge in [0.25, 0.3) is 5.91 Å². The first-order chi connectivity index (χ1) is 12.1. The minimum atomic E-state index is -0.410. The number of aromatic nitrogens is 3. The summed E-state index contributed by atoms with van der Waals surface area (Å²) in [5.74, 6) is 0.921. The van der Waals surface area contributed by atoms with Crippen molar-refractivity contribution < 1.29 is 9.53 Å². The molecule has 128 valence electrons. The third-order valence-corrected chi connectivity index (χ3v) is 4.06. The molecule has 3 aromatic rings. The second kappa shape index (κ2) is 7.36. The molecule has 0 aliphatic heterocycles. The van der Waals surface area contributed by atoms with Gasteiger partial charge in [-0.3, -0.25) is 4.79 Å². The van der Waals surface area contributed by atoms with Gasteiger partial charge in [-0.25, -0.2) is 9.97 Å². The first-order valence-corrected chi connectivity index (χ1v) is 8.00. The molecule has 3 rings (SSSR count). The van der Waals surface area contributed by atoms with E-state index in [4.69, 9.17) is 16.3 Å². The molecule has 2 aromatic heterocycles. The fraction of sp³-hybridized carbons (Fsp3) is 0.167. The molecule has 7 heteroatoms. The van der Waals surface area contributed by atoms with Crippen molar-refractivity contribution in [1.82, 2.24) is 19.9 Å². The number of imidazole rings is 1. The third kappa shape index (κ3) is 3.80. The van der Waals surface area contributed by atoms with E-state index in [9.17, 15) is 4.79 Å². The van der Waals surface area contributed by atoms with Crippen molar-refractivity contribution >= 4 is 17.5 Å². The van der Waals surface area contributed by atoms with E-state index in [1.54, 1.807) is 30.5 Å². The molecule has 1 atom stereocenters. The molecule has 0 spiro atoms. The lowest BCUT2D eigenvalue weighted by molar-refractivity contribution is 0.0940. The minimum Gasteiger partial charge on any atom is -0.481 e. The van der Waals surface area contributed by atoms with Crippen LogP contribution in [0.4, 0.5) is 0 Å². The number of rotatable bonds is 5. The molecular formula is C18H17ClN4O2. The van der Waals surface area contributed by atoms with E-state index in [0.29, 0.717) is 16.5 Å². The second-order valence-corrected chi connectivity index (χ2v) is 5.88. The molecule has 0 saturated carbocycles. The molecule has 0 aliphatic rings. The monoisotopic (exact) mass is 356 g/mol. The number of amides is 1. The Hall–Kier alpha value is -2.86. The molecule has 6 nitrogen and oxygen atoms in total. The highest BCUT2D eigenvalue weighted by Gasteiger charge is 2.21. The molecule has 0 aliphatic carbocycles.